The van der Waals surface area contributed by atoms with Gasteiger partial charge in [-0.2, -0.15) is 0 Å². The lowest BCUT2D eigenvalue weighted by Gasteiger charge is -2.27. The maximum Gasteiger partial charge on any atom is 0.226 e. The van der Waals surface area contributed by atoms with Gasteiger partial charge in [-0.05, 0) is 43.5 Å². The van der Waals surface area contributed by atoms with Gasteiger partial charge in [0.05, 0.1) is 12.3 Å². The number of benzene rings is 1. The van der Waals surface area contributed by atoms with Gasteiger partial charge in [0.25, 0.3) is 0 Å². The van der Waals surface area contributed by atoms with E-state index in [-0.39, 0.29) is 29.5 Å². The van der Waals surface area contributed by atoms with E-state index < -0.39 is 0 Å². The number of oxazole rings is 1. The van der Waals surface area contributed by atoms with Gasteiger partial charge in [-0.25, -0.2) is 4.98 Å². The number of rotatable bonds is 9. The number of aldehydes is 1. The second-order valence-corrected chi connectivity index (χ2v) is 10.3. The summed E-state index contributed by atoms with van der Waals surface area (Å²) in [6.07, 6.45) is 4.24. The van der Waals surface area contributed by atoms with Crippen LogP contribution < -0.4 is 0 Å². The molecule has 2 rings (SSSR count). The summed E-state index contributed by atoms with van der Waals surface area (Å²) in [4.78, 5) is 17.3. The maximum absolute atomic E-state index is 10.9. The van der Waals surface area contributed by atoms with E-state index in [1.54, 1.807) is 6.26 Å². The van der Waals surface area contributed by atoms with Crippen LogP contribution in [0.3, 0.4) is 0 Å². The summed E-state index contributed by atoms with van der Waals surface area (Å²) in [5.74, 6) is 0.880. The standard InChI is InChI=1S/C25H38N2O4.ClH/c1-24(2,3)19-14-17(15-20(22(19)29)25(4,5)6)23-26-18(16-31-23)11-13-30-21(27(7)8)10-9-12-28;/h12,14-16,21,29H,9-11,13H2,1-8H3;1H. The molecule has 1 unspecified atom stereocenters. The lowest BCUT2D eigenvalue weighted by atomic mass is 9.78. The molecule has 2 aromatic rings. The van der Waals surface area contributed by atoms with Crippen LogP contribution in [0.4, 0.5) is 0 Å². The van der Waals surface area contributed by atoms with Crippen molar-refractivity contribution in [2.45, 2.75) is 77.9 Å². The Balaban J connectivity index is 0.00000512. The lowest BCUT2D eigenvalue weighted by Crippen LogP contribution is -2.31. The number of hydrogen-bond acceptors (Lipinski definition) is 6. The lowest BCUT2D eigenvalue weighted by molar-refractivity contribution is -0.109. The van der Waals surface area contributed by atoms with Crippen LogP contribution in [0.1, 0.15) is 71.2 Å². The van der Waals surface area contributed by atoms with Crippen LogP contribution in [0, 0.1) is 0 Å². The summed E-state index contributed by atoms with van der Waals surface area (Å²) in [5.41, 5.74) is 2.99. The molecule has 7 heteroatoms. The zero-order valence-electron chi connectivity index (χ0n) is 20.7. The van der Waals surface area contributed by atoms with E-state index in [0.29, 0.717) is 37.5 Å². The molecule has 1 aromatic carbocycles. The average molecular weight is 467 g/mol. The minimum Gasteiger partial charge on any atom is -0.507 e. The summed E-state index contributed by atoms with van der Waals surface area (Å²) in [6, 6.07) is 3.94. The van der Waals surface area contributed by atoms with Gasteiger partial charge in [-0.3, -0.25) is 4.90 Å². The fraction of sp³-hybridized carbons (Fsp3) is 0.600. The minimum atomic E-state index is -0.216. The Labute approximate surface area is 198 Å². The summed E-state index contributed by atoms with van der Waals surface area (Å²) in [6.45, 7) is 13.0. The molecule has 0 saturated carbocycles. The number of nitrogens with zero attached hydrogens (tertiary/aromatic N) is 2. The molecule has 0 aliphatic heterocycles. The second kappa shape index (κ2) is 11.3. The molecule has 1 atom stereocenters. The third kappa shape index (κ3) is 7.32. The smallest absolute Gasteiger partial charge is 0.226 e. The van der Waals surface area contributed by atoms with Crippen LogP contribution in [-0.4, -0.2) is 48.2 Å². The van der Waals surface area contributed by atoms with Gasteiger partial charge in [-0.1, -0.05) is 41.5 Å². The average Bonchev–Trinajstić information content (AvgIpc) is 3.11. The molecule has 32 heavy (non-hydrogen) atoms. The highest BCUT2D eigenvalue weighted by atomic mass is 35.5. The molecular formula is C25H39ClN2O4. The molecule has 0 aliphatic rings. The Morgan fingerprint density at radius 1 is 1.12 bits per heavy atom. The molecule has 0 amide bonds. The van der Waals surface area contributed by atoms with Crippen molar-refractivity contribution in [3.8, 4) is 17.2 Å². The highest BCUT2D eigenvalue weighted by Gasteiger charge is 2.27. The fourth-order valence-corrected chi connectivity index (χ4v) is 3.46. The normalized spacial score (nSPS) is 13.2. The number of phenols is 1. The van der Waals surface area contributed by atoms with Gasteiger partial charge in [0.1, 0.15) is 24.5 Å². The number of carbonyl (C=O) groups excluding carboxylic acids is 1. The minimum absolute atomic E-state index is 0. The summed E-state index contributed by atoms with van der Waals surface area (Å²) in [5, 5.41) is 10.9. The van der Waals surface area contributed by atoms with E-state index in [4.69, 9.17) is 9.15 Å². The monoisotopic (exact) mass is 466 g/mol. The number of aromatic hydroxyl groups is 1. The molecule has 0 bridgehead atoms. The van der Waals surface area contributed by atoms with Crippen LogP contribution in [0.25, 0.3) is 11.5 Å². The first-order valence-corrected chi connectivity index (χ1v) is 10.9. The van der Waals surface area contributed by atoms with E-state index in [0.717, 1.165) is 28.7 Å². The molecule has 0 radical (unpaired) electrons. The van der Waals surface area contributed by atoms with Crippen molar-refractivity contribution in [1.29, 1.82) is 0 Å². The van der Waals surface area contributed by atoms with Crippen molar-refractivity contribution in [3.63, 3.8) is 0 Å². The van der Waals surface area contributed by atoms with Crippen molar-refractivity contribution >= 4 is 18.7 Å². The molecule has 0 saturated heterocycles. The topological polar surface area (TPSA) is 75.8 Å². The Morgan fingerprint density at radius 2 is 1.69 bits per heavy atom. The number of phenolic OH excluding ortho intramolecular Hbond substituents is 1. The van der Waals surface area contributed by atoms with Crippen molar-refractivity contribution < 1.29 is 19.1 Å². The Hall–Kier alpha value is -1.89. The third-order valence-corrected chi connectivity index (χ3v) is 5.30. The van der Waals surface area contributed by atoms with Crippen molar-refractivity contribution in [2.75, 3.05) is 20.7 Å². The number of carbonyl (C=O) groups is 1. The first kappa shape index (κ1) is 28.1. The quantitative estimate of drug-likeness (QED) is 0.389. The van der Waals surface area contributed by atoms with Crippen molar-refractivity contribution in [2.24, 2.45) is 0 Å². The van der Waals surface area contributed by atoms with E-state index in [1.165, 1.54) is 0 Å². The van der Waals surface area contributed by atoms with Crippen molar-refractivity contribution in [1.82, 2.24) is 9.88 Å². The first-order valence-electron chi connectivity index (χ1n) is 10.9. The van der Waals surface area contributed by atoms with E-state index in [9.17, 15) is 9.90 Å². The summed E-state index contributed by atoms with van der Waals surface area (Å²) >= 11 is 0. The maximum atomic E-state index is 10.9. The van der Waals surface area contributed by atoms with Gasteiger partial charge >= 0.3 is 0 Å². The number of hydrogen-bond donors (Lipinski definition) is 1. The van der Waals surface area contributed by atoms with Crippen LogP contribution in [0.5, 0.6) is 5.75 Å². The highest BCUT2D eigenvalue weighted by Crippen LogP contribution is 2.41. The second-order valence-electron chi connectivity index (χ2n) is 10.3. The molecule has 0 fully saturated rings. The van der Waals surface area contributed by atoms with Crippen molar-refractivity contribution in [3.05, 3.63) is 35.2 Å². The van der Waals surface area contributed by atoms with Gasteiger partial charge in [0.15, 0.2) is 0 Å². The summed E-state index contributed by atoms with van der Waals surface area (Å²) in [7, 11) is 3.88. The predicted molar refractivity (Wildman–Crippen MR) is 131 cm³/mol. The SMILES string of the molecule is CN(C)C(CCC=O)OCCc1coc(-c2cc(C(C)(C)C)c(O)c(C(C)(C)C)c2)n1.Cl. The number of ether oxygens (including phenoxy) is 1. The zero-order chi connectivity index (χ0) is 23.4. The zero-order valence-corrected chi connectivity index (χ0v) is 21.5. The first-order chi connectivity index (χ1) is 14.3. The predicted octanol–water partition coefficient (Wildman–Crippen LogP) is 5.49. The highest BCUT2D eigenvalue weighted by molar-refractivity contribution is 5.85. The summed E-state index contributed by atoms with van der Waals surface area (Å²) < 4.78 is 11.7. The van der Waals surface area contributed by atoms with E-state index in [1.807, 2.05) is 31.1 Å². The van der Waals surface area contributed by atoms with Gasteiger partial charge < -0.3 is 19.1 Å². The molecule has 0 spiro atoms. The van der Waals surface area contributed by atoms with Gasteiger partial charge in [0, 0.05) is 29.5 Å². The van der Waals surface area contributed by atoms with Gasteiger partial charge in [0.2, 0.25) is 5.89 Å². The van der Waals surface area contributed by atoms with Crippen LogP contribution in [0.2, 0.25) is 0 Å². The van der Waals surface area contributed by atoms with Crippen LogP contribution in [-0.2, 0) is 26.8 Å². The largest absolute Gasteiger partial charge is 0.507 e. The van der Waals surface area contributed by atoms with E-state index >= 15 is 0 Å². The molecule has 6 nitrogen and oxygen atoms in total. The van der Waals surface area contributed by atoms with Crippen LogP contribution in [0.15, 0.2) is 22.8 Å². The van der Waals surface area contributed by atoms with Gasteiger partial charge in [-0.15, -0.1) is 12.4 Å². The molecule has 1 aromatic heterocycles. The fourth-order valence-electron chi connectivity index (χ4n) is 3.46. The molecule has 1 N–H and O–H groups in total. The number of halogens is 1. The Kier molecular flexibility index (Phi) is 9.94. The van der Waals surface area contributed by atoms with E-state index in [2.05, 4.69) is 46.5 Å². The Bertz CT molecular complexity index is 844. The van der Waals surface area contributed by atoms with Crippen LogP contribution >= 0.6 is 12.4 Å². The molecule has 0 aliphatic carbocycles. The number of aromatic nitrogens is 1. The molecule has 1 heterocycles. The third-order valence-electron chi connectivity index (χ3n) is 5.30. The Morgan fingerprint density at radius 3 is 2.16 bits per heavy atom. The molecular weight excluding hydrogens is 428 g/mol. The molecule has 180 valence electrons.